The first-order chi connectivity index (χ1) is 16.6. The fraction of sp³-hybridized carbons (Fsp3) is 0.192. The molecule has 4 aromatic rings. The van der Waals surface area contributed by atoms with Crippen molar-refractivity contribution in [2.75, 3.05) is 18.4 Å². The Morgan fingerprint density at radius 1 is 1.00 bits per heavy atom. The van der Waals surface area contributed by atoms with E-state index < -0.39 is 0 Å². The highest BCUT2D eigenvalue weighted by atomic mass is 35.5. The van der Waals surface area contributed by atoms with Crippen molar-refractivity contribution in [2.24, 2.45) is 5.73 Å². The Morgan fingerprint density at radius 3 is 2.59 bits per heavy atom. The van der Waals surface area contributed by atoms with E-state index in [0.717, 1.165) is 34.9 Å². The highest BCUT2D eigenvalue weighted by Crippen LogP contribution is 2.33. The lowest BCUT2D eigenvalue weighted by atomic mass is 10.0. The van der Waals surface area contributed by atoms with Crippen molar-refractivity contribution in [1.29, 1.82) is 0 Å². The minimum absolute atomic E-state index is 0.210. The maximum Gasteiger partial charge on any atom is 0.269 e. The van der Waals surface area contributed by atoms with Gasteiger partial charge in [-0.1, -0.05) is 41.9 Å². The number of carbonyl (C=O) groups is 1. The maximum atomic E-state index is 14.1. The van der Waals surface area contributed by atoms with Crippen LogP contribution in [0.25, 0.3) is 22.0 Å². The van der Waals surface area contributed by atoms with Gasteiger partial charge in [-0.15, -0.1) is 0 Å². The van der Waals surface area contributed by atoms with E-state index in [-0.39, 0.29) is 18.3 Å². The van der Waals surface area contributed by atoms with E-state index in [1.54, 1.807) is 36.7 Å². The van der Waals surface area contributed by atoms with Crippen LogP contribution < -0.4 is 16.4 Å². The molecule has 0 aliphatic carbocycles. The third kappa shape index (κ3) is 5.50. The van der Waals surface area contributed by atoms with E-state index in [9.17, 15) is 9.18 Å². The van der Waals surface area contributed by atoms with Crippen molar-refractivity contribution in [3.05, 3.63) is 89.1 Å². The summed E-state index contributed by atoms with van der Waals surface area (Å²) >= 11 is 6.44. The van der Waals surface area contributed by atoms with Gasteiger partial charge in [0, 0.05) is 42.0 Å². The molecule has 0 spiro atoms. The van der Waals surface area contributed by atoms with Crippen LogP contribution in [0.15, 0.2) is 67.0 Å². The van der Waals surface area contributed by atoms with Crippen molar-refractivity contribution in [1.82, 2.24) is 15.3 Å². The van der Waals surface area contributed by atoms with E-state index in [0.29, 0.717) is 35.1 Å². The van der Waals surface area contributed by atoms with Crippen LogP contribution in [-0.4, -0.2) is 29.0 Å². The summed E-state index contributed by atoms with van der Waals surface area (Å²) in [7, 11) is 0. The molecule has 34 heavy (non-hydrogen) atoms. The molecule has 0 bridgehead atoms. The normalized spacial score (nSPS) is 10.9. The van der Waals surface area contributed by atoms with E-state index in [4.69, 9.17) is 17.3 Å². The minimum atomic E-state index is -0.278. The van der Waals surface area contributed by atoms with E-state index >= 15 is 0 Å². The lowest BCUT2D eigenvalue weighted by Crippen LogP contribution is -2.25. The van der Waals surface area contributed by atoms with Gasteiger partial charge in [0.1, 0.15) is 11.5 Å². The number of nitrogens with zero attached hydrogens (tertiary/aromatic N) is 2. The summed E-state index contributed by atoms with van der Waals surface area (Å²) in [6, 6.07) is 16.0. The van der Waals surface area contributed by atoms with Gasteiger partial charge < -0.3 is 16.4 Å². The molecule has 4 rings (SSSR count). The Bertz CT molecular complexity index is 1300. The average Bonchev–Trinajstić information content (AvgIpc) is 2.86. The number of amides is 1. The van der Waals surface area contributed by atoms with Crippen LogP contribution in [0.5, 0.6) is 0 Å². The van der Waals surface area contributed by atoms with Gasteiger partial charge in [-0.2, -0.15) is 0 Å². The van der Waals surface area contributed by atoms with E-state index in [1.807, 2.05) is 24.3 Å². The molecule has 0 aliphatic heterocycles. The van der Waals surface area contributed by atoms with Gasteiger partial charge in [0.15, 0.2) is 0 Å². The van der Waals surface area contributed by atoms with Crippen molar-refractivity contribution in [2.45, 2.75) is 19.4 Å². The third-order valence-corrected chi connectivity index (χ3v) is 5.77. The molecule has 174 valence electrons. The fourth-order valence-electron chi connectivity index (χ4n) is 3.61. The summed E-state index contributed by atoms with van der Waals surface area (Å²) in [6.07, 6.45) is 4.95. The molecule has 0 saturated carbocycles. The number of anilines is 1. The highest BCUT2D eigenvalue weighted by molar-refractivity contribution is 6.34. The number of hydrogen-bond donors (Lipinski definition) is 3. The number of unbranched alkanes of at least 4 members (excludes halogenated alkanes) is 1. The zero-order valence-corrected chi connectivity index (χ0v) is 19.3. The predicted octanol–water partition coefficient (Wildman–Crippen LogP) is 5.17. The number of rotatable bonds is 9. The average molecular weight is 478 g/mol. The predicted molar refractivity (Wildman–Crippen MR) is 134 cm³/mol. The molecule has 2 aromatic heterocycles. The summed E-state index contributed by atoms with van der Waals surface area (Å²) in [5, 5.41) is 7.36. The van der Waals surface area contributed by atoms with Crippen LogP contribution >= 0.6 is 11.6 Å². The lowest BCUT2D eigenvalue weighted by Gasteiger charge is -2.13. The first-order valence-corrected chi connectivity index (χ1v) is 11.4. The van der Waals surface area contributed by atoms with Crippen LogP contribution in [0.4, 0.5) is 10.1 Å². The standard InChI is InChI=1S/C26H25ClFN5O/c27-21-16-32-23-9-7-17(13-20(23)25(21)33-15-19-5-1-2-6-22(19)28)18-8-10-24(31-14-18)26(34)30-12-4-3-11-29/h1-2,5-10,13-14,16H,3-4,11-12,15,29H2,(H,30,34)(H,32,33). The van der Waals surface area contributed by atoms with Gasteiger partial charge in [0.25, 0.3) is 5.91 Å². The fourth-order valence-corrected chi connectivity index (χ4v) is 3.83. The van der Waals surface area contributed by atoms with E-state index in [2.05, 4.69) is 20.6 Å². The molecule has 8 heteroatoms. The molecule has 2 heterocycles. The Hall–Kier alpha value is -3.55. The number of aromatic nitrogens is 2. The second kappa shape index (κ2) is 11.0. The van der Waals surface area contributed by atoms with Gasteiger partial charge in [-0.3, -0.25) is 14.8 Å². The van der Waals surface area contributed by atoms with Crippen molar-refractivity contribution >= 4 is 34.1 Å². The second-order valence-electron chi connectivity index (χ2n) is 7.84. The van der Waals surface area contributed by atoms with Crippen molar-refractivity contribution < 1.29 is 9.18 Å². The highest BCUT2D eigenvalue weighted by Gasteiger charge is 2.12. The summed E-state index contributed by atoms with van der Waals surface area (Å²) in [4.78, 5) is 21.0. The summed E-state index contributed by atoms with van der Waals surface area (Å²) < 4.78 is 14.1. The molecule has 1 amide bonds. The van der Waals surface area contributed by atoms with Crippen LogP contribution in [-0.2, 0) is 6.54 Å². The van der Waals surface area contributed by atoms with Gasteiger partial charge in [-0.05, 0) is 49.2 Å². The Morgan fingerprint density at radius 2 is 1.82 bits per heavy atom. The number of halogens is 2. The minimum Gasteiger partial charge on any atom is -0.379 e. The number of fused-ring (bicyclic) bond motifs is 1. The molecule has 0 aliphatic rings. The SMILES string of the molecule is NCCCCNC(=O)c1ccc(-c2ccc3ncc(Cl)c(NCc4ccccc4F)c3c2)cn1. The first-order valence-electron chi connectivity index (χ1n) is 11.1. The molecule has 0 unspecified atom stereocenters. The lowest BCUT2D eigenvalue weighted by molar-refractivity contribution is 0.0948. The number of carbonyl (C=O) groups excluding carboxylic acids is 1. The molecule has 0 saturated heterocycles. The number of pyridine rings is 2. The molecule has 0 fully saturated rings. The Kier molecular flexibility index (Phi) is 7.67. The second-order valence-corrected chi connectivity index (χ2v) is 8.25. The third-order valence-electron chi connectivity index (χ3n) is 5.48. The van der Waals surface area contributed by atoms with Crippen LogP contribution in [0.3, 0.4) is 0 Å². The van der Waals surface area contributed by atoms with Crippen LogP contribution in [0, 0.1) is 5.82 Å². The first kappa shape index (κ1) is 23.6. The number of nitrogens with two attached hydrogens (primary N) is 1. The topological polar surface area (TPSA) is 92.9 Å². The zero-order valence-electron chi connectivity index (χ0n) is 18.5. The van der Waals surface area contributed by atoms with Gasteiger partial charge in [-0.25, -0.2) is 4.39 Å². The molecular weight excluding hydrogens is 453 g/mol. The molecule has 4 N–H and O–H groups in total. The quantitative estimate of drug-likeness (QED) is 0.289. The monoisotopic (exact) mass is 477 g/mol. The summed E-state index contributed by atoms with van der Waals surface area (Å²) in [5.41, 5.74) is 9.55. The number of benzene rings is 2. The molecular formula is C26H25ClFN5O. The molecule has 2 aromatic carbocycles. The Labute approximate surface area is 202 Å². The molecule has 0 radical (unpaired) electrons. The number of hydrogen-bond acceptors (Lipinski definition) is 5. The largest absolute Gasteiger partial charge is 0.379 e. The molecule has 6 nitrogen and oxygen atoms in total. The van der Waals surface area contributed by atoms with Gasteiger partial charge in [0.05, 0.1) is 16.2 Å². The smallest absolute Gasteiger partial charge is 0.269 e. The summed E-state index contributed by atoms with van der Waals surface area (Å²) in [5.74, 6) is -0.488. The van der Waals surface area contributed by atoms with Crippen LogP contribution in [0.2, 0.25) is 5.02 Å². The maximum absolute atomic E-state index is 14.1. The van der Waals surface area contributed by atoms with Crippen LogP contribution in [0.1, 0.15) is 28.9 Å². The Balaban J connectivity index is 1.56. The molecule has 0 atom stereocenters. The van der Waals surface area contributed by atoms with Crippen molar-refractivity contribution in [3.8, 4) is 11.1 Å². The summed E-state index contributed by atoms with van der Waals surface area (Å²) in [6.45, 7) is 1.46. The number of nitrogens with one attached hydrogen (secondary N) is 2. The van der Waals surface area contributed by atoms with Gasteiger partial charge in [0.2, 0.25) is 0 Å². The zero-order chi connectivity index (χ0) is 23.9. The van der Waals surface area contributed by atoms with E-state index in [1.165, 1.54) is 6.07 Å². The van der Waals surface area contributed by atoms with Gasteiger partial charge >= 0.3 is 0 Å². The van der Waals surface area contributed by atoms with Crippen molar-refractivity contribution in [3.63, 3.8) is 0 Å².